The zero-order chi connectivity index (χ0) is 20.6. The van der Waals surface area contributed by atoms with Gasteiger partial charge in [-0.3, -0.25) is 0 Å². The summed E-state index contributed by atoms with van der Waals surface area (Å²) in [7, 11) is -1.01. The molecule has 0 amide bonds. The van der Waals surface area contributed by atoms with Crippen molar-refractivity contribution in [1.29, 1.82) is 0 Å². The number of rotatable bonds is 10. The third kappa shape index (κ3) is 7.58. The monoisotopic (exact) mass is 408 g/mol. The fourth-order valence-corrected chi connectivity index (χ4v) is 3.22. The number of ether oxygens (including phenoxy) is 1. The summed E-state index contributed by atoms with van der Waals surface area (Å²) in [5, 5.41) is 0. The Morgan fingerprint density at radius 2 is 1.50 bits per heavy atom. The van der Waals surface area contributed by atoms with Gasteiger partial charge in [0, 0.05) is 19.1 Å². The predicted octanol–water partition coefficient (Wildman–Crippen LogP) is 5.36. The van der Waals surface area contributed by atoms with Gasteiger partial charge in [0.25, 0.3) is 0 Å². The molecule has 1 saturated heterocycles. The molecule has 9 heteroatoms. The van der Waals surface area contributed by atoms with Crippen LogP contribution in [0.2, 0.25) is 0 Å². The van der Waals surface area contributed by atoms with Crippen molar-refractivity contribution < 1.29 is 36.0 Å². The summed E-state index contributed by atoms with van der Waals surface area (Å²) in [6, 6.07) is 1.48. The molecular formula is C19H26BF5O3. The second-order valence-electron chi connectivity index (χ2n) is 7.14. The van der Waals surface area contributed by atoms with Gasteiger partial charge < -0.3 is 14.0 Å². The van der Waals surface area contributed by atoms with Gasteiger partial charge in [0.15, 0.2) is 11.6 Å². The van der Waals surface area contributed by atoms with E-state index in [9.17, 15) is 22.0 Å². The van der Waals surface area contributed by atoms with Gasteiger partial charge in [-0.1, -0.05) is 51.9 Å². The quantitative estimate of drug-likeness (QED) is 0.296. The number of hydrogen-bond acceptors (Lipinski definition) is 3. The van der Waals surface area contributed by atoms with E-state index in [2.05, 4.69) is 11.7 Å². The average molecular weight is 408 g/mol. The second kappa shape index (κ2) is 11.0. The van der Waals surface area contributed by atoms with E-state index in [-0.39, 0.29) is 11.4 Å². The van der Waals surface area contributed by atoms with Gasteiger partial charge in [-0.2, -0.15) is 0 Å². The van der Waals surface area contributed by atoms with Crippen LogP contribution in [0.4, 0.5) is 22.0 Å². The summed E-state index contributed by atoms with van der Waals surface area (Å²) in [5.41, 5.74) is -0.0149. The van der Waals surface area contributed by atoms with E-state index in [1.165, 1.54) is 32.1 Å². The molecule has 2 rings (SSSR count). The van der Waals surface area contributed by atoms with Crippen molar-refractivity contribution in [1.82, 2.24) is 0 Å². The Bertz CT molecular complexity index is 581. The van der Waals surface area contributed by atoms with Crippen LogP contribution in [0.15, 0.2) is 12.1 Å². The van der Waals surface area contributed by atoms with E-state index in [1.54, 1.807) is 0 Å². The van der Waals surface area contributed by atoms with Crippen molar-refractivity contribution in [3.63, 3.8) is 0 Å². The minimum absolute atomic E-state index is 0.0149. The molecule has 0 atom stereocenters. The molecule has 0 aromatic heterocycles. The first kappa shape index (κ1) is 22.9. The molecule has 1 fully saturated rings. The van der Waals surface area contributed by atoms with Crippen LogP contribution in [0.25, 0.3) is 0 Å². The summed E-state index contributed by atoms with van der Waals surface area (Å²) in [6.07, 6.45) is 4.22. The normalized spacial score (nSPS) is 15.9. The molecule has 0 spiro atoms. The Hall–Kier alpha value is -1.35. The molecule has 0 bridgehead atoms. The molecule has 1 aromatic carbocycles. The lowest BCUT2D eigenvalue weighted by molar-refractivity contribution is -0.276. The number of benzene rings is 1. The highest BCUT2D eigenvalue weighted by Crippen LogP contribution is 2.28. The van der Waals surface area contributed by atoms with Gasteiger partial charge in [-0.15, -0.1) is 13.2 Å². The molecule has 0 radical (unpaired) electrons. The molecule has 0 saturated carbocycles. The van der Waals surface area contributed by atoms with Crippen molar-refractivity contribution in [2.24, 2.45) is 5.92 Å². The van der Waals surface area contributed by atoms with Gasteiger partial charge >= 0.3 is 13.5 Å². The van der Waals surface area contributed by atoms with Gasteiger partial charge in [0.1, 0.15) is 0 Å². The number of alkyl halides is 3. The maximum Gasteiger partial charge on any atom is 0.573 e. The van der Waals surface area contributed by atoms with Crippen molar-refractivity contribution in [3.8, 4) is 5.75 Å². The molecule has 1 aromatic rings. The molecule has 158 valence electrons. The first-order valence-electron chi connectivity index (χ1n) is 9.78. The van der Waals surface area contributed by atoms with Crippen LogP contribution >= 0.6 is 0 Å². The average Bonchev–Trinajstić information content (AvgIpc) is 2.63. The third-order valence-corrected chi connectivity index (χ3v) is 4.69. The van der Waals surface area contributed by atoms with Crippen LogP contribution < -0.4 is 10.2 Å². The van der Waals surface area contributed by atoms with Crippen molar-refractivity contribution in [2.75, 3.05) is 13.2 Å². The Labute approximate surface area is 162 Å². The zero-order valence-electron chi connectivity index (χ0n) is 16.0. The van der Waals surface area contributed by atoms with Crippen LogP contribution in [-0.4, -0.2) is 26.7 Å². The predicted molar refractivity (Wildman–Crippen MR) is 96.4 cm³/mol. The lowest BCUT2D eigenvalue weighted by atomic mass is 9.77. The minimum atomic E-state index is -5.18. The topological polar surface area (TPSA) is 27.7 Å². The Kier molecular flexibility index (Phi) is 9.01. The SMILES string of the molecule is CCCCCCCCCC1COB(c2cc(F)c(OC(F)(F)F)c(F)c2)OC1. The fraction of sp³-hybridized carbons (Fsp3) is 0.684. The first-order chi connectivity index (χ1) is 13.3. The lowest BCUT2D eigenvalue weighted by Crippen LogP contribution is -2.44. The molecule has 28 heavy (non-hydrogen) atoms. The molecule has 1 aliphatic heterocycles. The smallest absolute Gasteiger partial charge is 0.407 e. The van der Waals surface area contributed by atoms with Crippen molar-refractivity contribution in [2.45, 2.75) is 64.7 Å². The molecule has 1 heterocycles. The molecule has 0 unspecified atom stereocenters. The van der Waals surface area contributed by atoms with Gasteiger partial charge in [-0.25, -0.2) is 8.78 Å². The standard InChI is InChI=1S/C19H26BF5O3/c1-2-3-4-5-6-7-8-9-14-12-26-20(27-13-14)15-10-16(21)18(17(22)11-15)28-19(23,24)25/h10-11,14H,2-9,12-13H2,1H3. The van der Waals surface area contributed by atoms with E-state index in [1.807, 2.05) is 0 Å². The minimum Gasteiger partial charge on any atom is -0.407 e. The van der Waals surface area contributed by atoms with E-state index in [0.717, 1.165) is 31.4 Å². The summed E-state index contributed by atoms with van der Waals surface area (Å²) in [4.78, 5) is 0. The Morgan fingerprint density at radius 3 is 2.04 bits per heavy atom. The van der Waals surface area contributed by atoms with Crippen LogP contribution in [0.3, 0.4) is 0 Å². The van der Waals surface area contributed by atoms with Crippen molar-refractivity contribution in [3.05, 3.63) is 23.8 Å². The summed E-state index contributed by atoms with van der Waals surface area (Å²) in [5.74, 6) is -4.19. The summed E-state index contributed by atoms with van der Waals surface area (Å²) >= 11 is 0. The summed E-state index contributed by atoms with van der Waals surface area (Å²) in [6.45, 7) is 2.94. The van der Waals surface area contributed by atoms with Crippen LogP contribution in [0, 0.1) is 17.6 Å². The summed E-state index contributed by atoms with van der Waals surface area (Å²) < 4.78 is 78.6. The third-order valence-electron chi connectivity index (χ3n) is 4.69. The lowest BCUT2D eigenvalue weighted by Gasteiger charge is -2.27. The molecule has 0 aliphatic carbocycles. The molecular weight excluding hydrogens is 382 g/mol. The highest BCUT2D eigenvalue weighted by molar-refractivity contribution is 6.61. The Morgan fingerprint density at radius 1 is 0.964 bits per heavy atom. The van der Waals surface area contributed by atoms with Crippen LogP contribution in [0.1, 0.15) is 58.3 Å². The highest BCUT2D eigenvalue weighted by atomic mass is 19.4. The largest absolute Gasteiger partial charge is 0.573 e. The van der Waals surface area contributed by atoms with E-state index >= 15 is 0 Å². The van der Waals surface area contributed by atoms with E-state index in [4.69, 9.17) is 9.31 Å². The van der Waals surface area contributed by atoms with Gasteiger partial charge in [0.05, 0.1) is 0 Å². The highest BCUT2D eigenvalue weighted by Gasteiger charge is 2.36. The van der Waals surface area contributed by atoms with E-state index in [0.29, 0.717) is 13.2 Å². The molecule has 3 nitrogen and oxygen atoms in total. The molecule has 1 aliphatic rings. The van der Waals surface area contributed by atoms with Gasteiger partial charge in [0.2, 0.25) is 5.75 Å². The maximum atomic E-state index is 13.8. The fourth-order valence-electron chi connectivity index (χ4n) is 3.22. The van der Waals surface area contributed by atoms with E-state index < -0.39 is 30.9 Å². The molecule has 0 N–H and O–H groups in total. The van der Waals surface area contributed by atoms with Crippen LogP contribution in [-0.2, 0) is 9.31 Å². The van der Waals surface area contributed by atoms with Crippen LogP contribution in [0.5, 0.6) is 5.75 Å². The number of halogens is 5. The second-order valence-corrected chi connectivity index (χ2v) is 7.14. The number of unbranched alkanes of at least 4 members (excludes halogenated alkanes) is 6. The maximum absolute atomic E-state index is 13.8. The van der Waals surface area contributed by atoms with Gasteiger partial charge in [-0.05, 0) is 24.0 Å². The number of hydrogen-bond donors (Lipinski definition) is 0. The Balaban J connectivity index is 1.77. The zero-order valence-corrected chi connectivity index (χ0v) is 16.0. The first-order valence-corrected chi connectivity index (χ1v) is 9.78. The van der Waals surface area contributed by atoms with Crippen molar-refractivity contribution >= 4 is 12.6 Å².